The number of amides is 2. The number of carbonyl (C=O) groups is 2. The second kappa shape index (κ2) is 11.0. The van der Waals surface area contributed by atoms with Gasteiger partial charge in [0, 0.05) is 24.0 Å². The van der Waals surface area contributed by atoms with Gasteiger partial charge >= 0.3 is 0 Å². The first-order chi connectivity index (χ1) is 18.2. The lowest BCUT2D eigenvalue weighted by molar-refractivity contribution is -0.128. The summed E-state index contributed by atoms with van der Waals surface area (Å²) in [6.07, 6.45) is 1.51. The summed E-state index contributed by atoms with van der Waals surface area (Å²) >= 11 is 0. The number of nitrogens with one attached hydrogen (secondary N) is 2. The summed E-state index contributed by atoms with van der Waals surface area (Å²) in [6.45, 7) is 22.9. The molecule has 3 rings (SSSR count). The van der Waals surface area contributed by atoms with Crippen molar-refractivity contribution < 1.29 is 14.3 Å². The highest BCUT2D eigenvalue weighted by molar-refractivity contribution is 5.82. The zero-order valence-electron chi connectivity index (χ0n) is 26.2. The molecule has 2 N–H and O–H groups in total. The Labute approximate surface area is 239 Å². The van der Waals surface area contributed by atoms with Crippen LogP contribution in [0.5, 0.6) is 5.75 Å². The highest BCUT2D eigenvalue weighted by Gasteiger charge is 2.40. The average molecular weight is 550 g/mol. The zero-order chi connectivity index (χ0) is 30.3. The third-order valence-corrected chi connectivity index (χ3v) is 7.46. The summed E-state index contributed by atoms with van der Waals surface area (Å²) in [4.78, 5) is 36.9. The Balaban J connectivity index is 1.60. The van der Waals surface area contributed by atoms with Crippen molar-refractivity contribution in [1.82, 2.24) is 10.9 Å². The molecule has 2 amide bonds. The number of fused-ring (bicyclic) bond motifs is 1. The Hall–Kier alpha value is -3.22. The molecule has 0 aliphatic carbocycles. The fraction of sp³-hybridized carbons (Fsp3) is 0.576. The van der Waals surface area contributed by atoms with Gasteiger partial charge in [0.25, 0.3) is 0 Å². The number of carbonyl (C=O) groups excluding carboxylic acids is 2. The maximum absolute atomic E-state index is 12.6. The number of ether oxygens (including phenoxy) is 1. The molecule has 40 heavy (non-hydrogen) atoms. The van der Waals surface area contributed by atoms with Crippen LogP contribution in [-0.4, -0.2) is 11.8 Å². The number of nitrogens with zero attached hydrogens (tertiary/aromatic N) is 1. The molecule has 2 aromatic rings. The van der Waals surface area contributed by atoms with Crippen molar-refractivity contribution in [2.45, 2.75) is 124 Å². The van der Waals surface area contributed by atoms with E-state index in [1.807, 2.05) is 12.1 Å². The predicted octanol–water partition coefficient (Wildman–Crippen LogP) is 7.32. The van der Waals surface area contributed by atoms with Crippen LogP contribution in [0.1, 0.15) is 122 Å². The average Bonchev–Trinajstić information content (AvgIpc) is 2.82. The van der Waals surface area contributed by atoms with Crippen LogP contribution in [0.2, 0.25) is 0 Å². The van der Waals surface area contributed by atoms with Crippen molar-refractivity contribution >= 4 is 17.5 Å². The van der Waals surface area contributed by atoms with Crippen LogP contribution in [-0.2, 0) is 44.3 Å². The van der Waals surface area contributed by atoms with Gasteiger partial charge in [0.15, 0.2) is 0 Å². The van der Waals surface area contributed by atoms with Crippen molar-refractivity contribution in [1.29, 1.82) is 0 Å². The highest BCUT2D eigenvalue weighted by atomic mass is 16.5. The van der Waals surface area contributed by atoms with Crippen molar-refractivity contribution in [2.75, 3.05) is 0 Å². The molecule has 0 unspecified atom stereocenters. The molecule has 0 bridgehead atoms. The van der Waals surface area contributed by atoms with E-state index in [-0.39, 0.29) is 46.5 Å². The van der Waals surface area contributed by atoms with Gasteiger partial charge < -0.3 is 4.74 Å². The molecular weight excluding hydrogens is 502 g/mol. The van der Waals surface area contributed by atoms with Crippen LogP contribution in [0.25, 0.3) is 0 Å². The van der Waals surface area contributed by atoms with Crippen LogP contribution < -0.4 is 15.6 Å². The van der Waals surface area contributed by atoms with Crippen molar-refractivity contribution in [2.24, 2.45) is 5.18 Å². The molecule has 7 nitrogen and oxygen atoms in total. The van der Waals surface area contributed by atoms with Crippen LogP contribution in [0.3, 0.4) is 0 Å². The monoisotopic (exact) mass is 549 g/mol. The fourth-order valence-electron chi connectivity index (χ4n) is 5.07. The largest absolute Gasteiger partial charge is 0.482 e. The van der Waals surface area contributed by atoms with E-state index in [9.17, 15) is 14.5 Å². The normalized spacial score (nSPS) is 14.5. The van der Waals surface area contributed by atoms with Gasteiger partial charge in [0.05, 0.1) is 0 Å². The molecule has 0 saturated heterocycles. The standard InChI is InChI=1S/C33H47N3O4/c1-30(2,3)22-16-20(17-23(28(22)36-39)31(4,5)6)12-14-26(37)34-35-27(38)15-13-21-18-24(32(7,8)9)29-25(19-21)33(10,11)40-29/h16-19H,12-15H2,1-11H3,(H,34,37)(H,35,38). The van der Waals surface area contributed by atoms with E-state index in [1.54, 1.807) is 0 Å². The molecule has 0 aromatic heterocycles. The van der Waals surface area contributed by atoms with E-state index in [2.05, 4.69) is 104 Å². The van der Waals surface area contributed by atoms with Gasteiger partial charge in [0.2, 0.25) is 11.8 Å². The Bertz CT molecular complexity index is 1270. The maximum Gasteiger partial charge on any atom is 0.238 e. The third-order valence-electron chi connectivity index (χ3n) is 7.46. The Morgan fingerprint density at radius 1 is 0.725 bits per heavy atom. The summed E-state index contributed by atoms with van der Waals surface area (Å²) in [5.74, 6) is 0.449. The van der Waals surface area contributed by atoms with E-state index in [4.69, 9.17) is 4.74 Å². The van der Waals surface area contributed by atoms with Gasteiger partial charge in [-0.3, -0.25) is 20.4 Å². The summed E-state index contributed by atoms with van der Waals surface area (Å²) in [5.41, 5.74) is 10.8. The van der Waals surface area contributed by atoms with Gasteiger partial charge in [-0.15, -0.1) is 4.91 Å². The molecular formula is C33H47N3O4. The second-order valence-corrected chi connectivity index (χ2v) is 14.6. The second-order valence-electron chi connectivity index (χ2n) is 14.6. The predicted molar refractivity (Wildman–Crippen MR) is 161 cm³/mol. The maximum atomic E-state index is 12.6. The minimum absolute atomic E-state index is 0.0712. The quantitative estimate of drug-likeness (QED) is 0.279. The van der Waals surface area contributed by atoms with Crippen molar-refractivity contribution in [3.8, 4) is 5.75 Å². The number of benzene rings is 2. The Morgan fingerprint density at radius 3 is 1.50 bits per heavy atom. The minimum atomic E-state index is -0.326. The highest BCUT2D eigenvalue weighted by Crippen LogP contribution is 2.50. The number of hydrogen-bond acceptors (Lipinski definition) is 5. The summed E-state index contributed by atoms with van der Waals surface area (Å²) in [6, 6.07) is 8.21. The molecule has 2 aromatic carbocycles. The van der Waals surface area contributed by atoms with Crippen LogP contribution in [0, 0.1) is 4.91 Å². The molecule has 7 heteroatoms. The van der Waals surface area contributed by atoms with E-state index in [0.29, 0.717) is 18.5 Å². The molecule has 0 atom stereocenters. The number of hydrazine groups is 1. The Kier molecular flexibility index (Phi) is 8.60. The van der Waals surface area contributed by atoms with Crippen molar-refractivity contribution in [3.63, 3.8) is 0 Å². The molecule has 1 aliphatic heterocycles. The lowest BCUT2D eigenvalue weighted by atomic mass is 9.77. The zero-order valence-corrected chi connectivity index (χ0v) is 26.2. The first kappa shape index (κ1) is 31.3. The van der Waals surface area contributed by atoms with Crippen LogP contribution in [0.4, 0.5) is 5.69 Å². The van der Waals surface area contributed by atoms with Crippen LogP contribution >= 0.6 is 0 Å². The van der Waals surface area contributed by atoms with E-state index in [0.717, 1.165) is 33.6 Å². The third kappa shape index (κ3) is 7.10. The lowest BCUT2D eigenvalue weighted by Gasteiger charge is -2.42. The molecule has 1 heterocycles. The summed E-state index contributed by atoms with van der Waals surface area (Å²) < 4.78 is 6.04. The lowest BCUT2D eigenvalue weighted by Crippen LogP contribution is -2.41. The SMILES string of the molecule is CC(C)(C)c1cc(CCC(=O)NNC(=O)CCc2cc(C(C)(C)C)c3c(c2)C(C)(C)O3)cc(C(C)(C)C)c1N=O. The number of aryl methyl sites for hydroxylation is 2. The fourth-order valence-corrected chi connectivity index (χ4v) is 5.07. The van der Waals surface area contributed by atoms with Gasteiger partial charge in [-0.2, -0.15) is 0 Å². The first-order valence-corrected chi connectivity index (χ1v) is 14.2. The number of hydrogen-bond donors (Lipinski definition) is 2. The smallest absolute Gasteiger partial charge is 0.238 e. The molecule has 0 saturated carbocycles. The molecule has 0 fully saturated rings. The molecule has 0 spiro atoms. The van der Waals surface area contributed by atoms with Gasteiger partial charge in [-0.1, -0.05) is 80.5 Å². The molecule has 1 aliphatic rings. The van der Waals surface area contributed by atoms with Gasteiger partial charge in [0.1, 0.15) is 17.0 Å². The van der Waals surface area contributed by atoms with Crippen molar-refractivity contribution in [3.05, 3.63) is 62.6 Å². The number of nitroso groups, excluding NO2 is 1. The molecule has 218 valence electrons. The molecule has 0 radical (unpaired) electrons. The van der Waals surface area contributed by atoms with Gasteiger partial charge in [-0.05, 0) is 76.4 Å². The minimum Gasteiger partial charge on any atom is -0.482 e. The van der Waals surface area contributed by atoms with E-state index >= 15 is 0 Å². The van der Waals surface area contributed by atoms with Crippen LogP contribution in [0.15, 0.2) is 29.4 Å². The first-order valence-electron chi connectivity index (χ1n) is 14.2. The van der Waals surface area contributed by atoms with E-state index < -0.39 is 0 Å². The Morgan fingerprint density at radius 2 is 1.12 bits per heavy atom. The number of rotatable bonds is 7. The summed E-state index contributed by atoms with van der Waals surface area (Å²) in [5, 5.41) is 3.38. The van der Waals surface area contributed by atoms with Gasteiger partial charge in [-0.25, -0.2) is 0 Å². The summed E-state index contributed by atoms with van der Waals surface area (Å²) in [7, 11) is 0. The topological polar surface area (TPSA) is 96.9 Å². The van der Waals surface area contributed by atoms with E-state index in [1.165, 1.54) is 5.56 Å².